The number of aliphatic hydroxyl groups excluding tert-OH is 1. The molecule has 0 spiro atoms. The molecule has 1 aromatic heterocycles. The van der Waals surface area contributed by atoms with Gasteiger partial charge < -0.3 is 24.5 Å². The van der Waals surface area contributed by atoms with Crippen LogP contribution in [0.4, 0.5) is 0 Å². The van der Waals surface area contributed by atoms with Crippen molar-refractivity contribution in [3.8, 4) is 11.1 Å². The number of nitrogens with zero attached hydrogens (tertiary/aromatic N) is 2. The first-order chi connectivity index (χ1) is 19.3. The van der Waals surface area contributed by atoms with Gasteiger partial charge in [0.05, 0.1) is 31.7 Å². The topological polar surface area (TPSA) is 85.6 Å². The lowest BCUT2D eigenvalue weighted by molar-refractivity contribution is -0.276. The van der Waals surface area contributed by atoms with Gasteiger partial charge in [0.25, 0.3) is 0 Å². The number of hydrogen-bond acceptors (Lipinski definition) is 5. The van der Waals surface area contributed by atoms with Gasteiger partial charge in [0.15, 0.2) is 11.4 Å². The molecule has 40 heavy (non-hydrogen) atoms. The van der Waals surface area contributed by atoms with Crippen molar-refractivity contribution >= 4 is 29.1 Å². The van der Waals surface area contributed by atoms with E-state index in [0.717, 1.165) is 33.4 Å². The molecule has 4 atom stereocenters. The number of amides is 1. The molecular weight excluding hydrogens is 549 g/mol. The zero-order valence-corrected chi connectivity index (χ0v) is 23.8. The number of hydrogen-bond donors (Lipinski definition) is 2. The van der Waals surface area contributed by atoms with Crippen molar-refractivity contribution in [3.05, 3.63) is 112 Å². The van der Waals surface area contributed by atoms with E-state index in [2.05, 4.69) is 17.2 Å². The van der Waals surface area contributed by atoms with E-state index in [9.17, 15) is 9.90 Å². The van der Waals surface area contributed by atoms with E-state index in [0.29, 0.717) is 18.2 Å². The van der Waals surface area contributed by atoms with E-state index in [1.54, 1.807) is 10.9 Å². The highest BCUT2D eigenvalue weighted by atomic mass is 35.5. The number of rotatable bonds is 8. The summed E-state index contributed by atoms with van der Waals surface area (Å²) in [5.41, 5.74) is 5.83. The molecule has 1 saturated heterocycles. The lowest BCUT2D eigenvalue weighted by atomic mass is 9.90. The number of ether oxygens (including phenoxy) is 2. The normalized spacial score (nSPS) is 20.8. The maximum Gasteiger partial charge on any atom is 0.217 e. The fraction of sp³-hybridized carbons (Fsp3) is 0.290. The van der Waals surface area contributed by atoms with Gasteiger partial charge in [-0.05, 0) is 27.8 Å². The largest absolute Gasteiger partial charge is 0.392 e. The Bertz CT molecular complexity index is 1460. The summed E-state index contributed by atoms with van der Waals surface area (Å²) in [4.78, 5) is 15.6. The fourth-order valence-corrected chi connectivity index (χ4v) is 5.30. The maximum atomic E-state index is 11.5. The van der Waals surface area contributed by atoms with E-state index in [1.165, 1.54) is 6.92 Å². The second-order valence-corrected chi connectivity index (χ2v) is 10.7. The molecule has 2 heterocycles. The standard InChI is InChI=1S/C31H31Cl2N3O4/c1-19-27(16-36-18-35-29(32)30(36)33)39-31(40-28(19)23-9-7-21(17-37)8-10-23)24-13-11-22(12-14-24)26-6-4-3-5-25(26)15-34-20(2)38/h3-14,18-19,27-28,31,37H,15-17H2,1-2H3,(H,34,38)/t19-,27+,28+,31+/m1/s1. The number of aromatic nitrogens is 2. The number of benzene rings is 3. The molecule has 9 heteroatoms. The average Bonchev–Trinajstić information content (AvgIpc) is 3.29. The minimum Gasteiger partial charge on any atom is -0.392 e. The summed E-state index contributed by atoms with van der Waals surface area (Å²) in [6.45, 7) is 4.50. The van der Waals surface area contributed by atoms with Crippen LogP contribution in [-0.4, -0.2) is 26.7 Å². The molecule has 5 rings (SSSR count). The summed E-state index contributed by atoms with van der Waals surface area (Å²) in [6.07, 6.45) is 0.489. The van der Waals surface area contributed by atoms with Crippen molar-refractivity contribution in [3.63, 3.8) is 0 Å². The van der Waals surface area contributed by atoms with E-state index in [-0.39, 0.29) is 35.8 Å². The second kappa shape index (κ2) is 12.5. The first-order valence-corrected chi connectivity index (χ1v) is 13.9. The van der Waals surface area contributed by atoms with Crippen LogP contribution in [-0.2, 0) is 34.0 Å². The summed E-state index contributed by atoms with van der Waals surface area (Å²) in [5, 5.41) is 13.0. The fourth-order valence-electron chi connectivity index (χ4n) is 4.99. The predicted octanol–water partition coefficient (Wildman–Crippen LogP) is 6.48. The van der Waals surface area contributed by atoms with Crippen molar-refractivity contribution in [2.45, 2.75) is 52.0 Å². The lowest BCUT2D eigenvalue weighted by Crippen LogP contribution is -2.39. The van der Waals surface area contributed by atoms with Gasteiger partial charge in [-0.1, -0.05) is 103 Å². The Hall–Kier alpha value is -3.20. The Kier molecular flexibility index (Phi) is 8.88. The highest BCUT2D eigenvalue weighted by Crippen LogP contribution is 2.42. The van der Waals surface area contributed by atoms with Crippen LogP contribution >= 0.6 is 23.2 Å². The molecule has 0 radical (unpaired) electrons. The van der Waals surface area contributed by atoms with Gasteiger partial charge in [-0.25, -0.2) is 4.98 Å². The van der Waals surface area contributed by atoms with Gasteiger partial charge >= 0.3 is 0 Å². The molecule has 1 fully saturated rings. The van der Waals surface area contributed by atoms with Crippen LogP contribution < -0.4 is 5.32 Å². The number of halogens is 2. The van der Waals surface area contributed by atoms with Gasteiger partial charge in [-0.2, -0.15) is 0 Å². The molecule has 0 saturated carbocycles. The van der Waals surface area contributed by atoms with E-state index in [4.69, 9.17) is 32.7 Å². The summed E-state index contributed by atoms with van der Waals surface area (Å²) in [5.74, 6) is -0.0891. The van der Waals surface area contributed by atoms with Crippen LogP contribution in [0.3, 0.4) is 0 Å². The molecule has 4 aromatic rings. The number of nitrogens with one attached hydrogen (secondary N) is 1. The molecule has 2 N–H and O–H groups in total. The summed E-state index contributed by atoms with van der Waals surface area (Å²) < 4.78 is 14.9. The Morgan fingerprint density at radius 2 is 1.70 bits per heavy atom. The monoisotopic (exact) mass is 579 g/mol. The predicted molar refractivity (Wildman–Crippen MR) is 155 cm³/mol. The van der Waals surface area contributed by atoms with Crippen LogP contribution in [0.25, 0.3) is 11.1 Å². The molecule has 0 aliphatic carbocycles. The van der Waals surface area contributed by atoms with Crippen molar-refractivity contribution in [1.82, 2.24) is 14.9 Å². The van der Waals surface area contributed by atoms with Crippen LogP contribution in [0.5, 0.6) is 0 Å². The van der Waals surface area contributed by atoms with Crippen LogP contribution in [0, 0.1) is 5.92 Å². The molecule has 1 aliphatic rings. The minimum atomic E-state index is -0.620. The molecule has 3 aromatic carbocycles. The highest BCUT2D eigenvalue weighted by Gasteiger charge is 2.38. The summed E-state index contributed by atoms with van der Waals surface area (Å²) in [6, 6.07) is 23.9. The van der Waals surface area contributed by atoms with Gasteiger partial charge in [0.1, 0.15) is 5.15 Å². The SMILES string of the molecule is CC(=O)NCc1ccccc1-c1ccc([C@H]2O[C@@H](Cn3cnc(Cl)c3Cl)[C@@H](C)[C@@H](c3ccc(CO)cc3)O2)cc1. The molecule has 1 amide bonds. The summed E-state index contributed by atoms with van der Waals surface area (Å²) >= 11 is 12.5. The zero-order valence-electron chi connectivity index (χ0n) is 22.3. The first-order valence-electron chi connectivity index (χ1n) is 13.1. The van der Waals surface area contributed by atoms with Gasteiger partial charge in [0, 0.05) is 24.9 Å². The lowest BCUT2D eigenvalue weighted by Gasteiger charge is -2.41. The van der Waals surface area contributed by atoms with Crippen LogP contribution in [0.2, 0.25) is 10.3 Å². The zero-order chi connectivity index (χ0) is 28.2. The maximum absolute atomic E-state index is 11.5. The summed E-state index contributed by atoms with van der Waals surface area (Å²) in [7, 11) is 0. The molecule has 1 aliphatic heterocycles. The first kappa shape index (κ1) is 28.3. The van der Waals surface area contributed by atoms with Crippen LogP contribution in [0.15, 0.2) is 79.1 Å². The second-order valence-electron chi connectivity index (χ2n) is 9.99. The molecule has 0 unspecified atom stereocenters. The molecule has 0 bridgehead atoms. The number of aliphatic hydroxyl groups is 1. The number of carbonyl (C=O) groups is 1. The molecular formula is C31H31Cl2N3O4. The van der Waals surface area contributed by atoms with Gasteiger partial charge in [-0.15, -0.1) is 0 Å². The molecule has 208 valence electrons. The Balaban J connectivity index is 1.43. The Morgan fingerprint density at radius 1 is 1.00 bits per heavy atom. The average molecular weight is 581 g/mol. The van der Waals surface area contributed by atoms with E-state index >= 15 is 0 Å². The van der Waals surface area contributed by atoms with Gasteiger partial charge in [0.2, 0.25) is 5.91 Å². The third-order valence-electron chi connectivity index (χ3n) is 7.27. The molecule has 7 nitrogen and oxygen atoms in total. The number of imidazole rings is 1. The van der Waals surface area contributed by atoms with E-state index < -0.39 is 6.29 Å². The quantitative estimate of drug-likeness (QED) is 0.249. The highest BCUT2D eigenvalue weighted by molar-refractivity contribution is 6.40. The number of carbonyl (C=O) groups excluding carboxylic acids is 1. The Morgan fingerprint density at radius 3 is 2.35 bits per heavy atom. The van der Waals surface area contributed by atoms with Crippen molar-refractivity contribution in [2.24, 2.45) is 5.92 Å². The van der Waals surface area contributed by atoms with Crippen molar-refractivity contribution in [1.29, 1.82) is 0 Å². The van der Waals surface area contributed by atoms with E-state index in [1.807, 2.05) is 72.8 Å². The Labute approximate surface area is 243 Å². The smallest absolute Gasteiger partial charge is 0.217 e. The third-order valence-corrected chi connectivity index (χ3v) is 8.04. The van der Waals surface area contributed by atoms with Crippen molar-refractivity contribution in [2.75, 3.05) is 0 Å². The third kappa shape index (κ3) is 6.24. The van der Waals surface area contributed by atoms with Crippen LogP contribution in [0.1, 0.15) is 48.5 Å². The van der Waals surface area contributed by atoms with Crippen molar-refractivity contribution < 1.29 is 19.4 Å². The van der Waals surface area contributed by atoms with Gasteiger partial charge in [-0.3, -0.25) is 4.79 Å². The minimum absolute atomic E-state index is 0.0180.